The van der Waals surface area contributed by atoms with E-state index in [0.29, 0.717) is 30.0 Å². The maximum absolute atomic E-state index is 13.7. The van der Waals surface area contributed by atoms with Gasteiger partial charge in [0.2, 0.25) is 0 Å². The van der Waals surface area contributed by atoms with E-state index in [-0.39, 0.29) is 24.4 Å². The van der Waals surface area contributed by atoms with Gasteiger partial charge in [0.25, 0.3) is 5.91 Å². The van der Waals surface area contributed by atoms with Gasteiger partial charge < -0.3 is 26.1 Å². The fraction of sp³-hybridized carbons (Fsp3) is 0.333. The van der Waals surface area contributed by atoms with E-state index >= 15 is 0 Å². The maximum atomic E-state index is 13.7. The Bertz CT molecular complexity index is 1030. The van der Waals surface area contributed by atoms with Gasteiger partial charge in [-0.25, -0.2) is 0 Å². The molecular formula is C24H28F3N5O2. The van der Waals surface area contributed by atoms with Crippen LogP contribution in [-0.2, 0) is 17.5 Å². The van der Waals surface area contributed by atoms with E-state index in [9.17, 15) is 18.0 Å². The van der Waals surface area contributed by atoms with Crippen LogP contribution in [0.15, 0.2) is 48.7 Å². The zero-order chi connectivity index (χ0) is 24.7. The van der Waals surface area contributed by atoms with Crippen molar-refractivity contribution in [1.29, 1.82) is 5.41 Å². The second kappa shape index (κ2) is 11.2. The van der Waals surface area contributed by atoms with Crippen LogP contribution in [0.2, 0.25) is 0 Å². The molecule has 7 nitrogen and oxygen atoms in total. The molecule has 34 heavy (non-hydrogen) atoms. The lowest BCUT2D eigenvalue weighted by Gasteiger charge is -2.33. The van der Waals surface area contributed by atoms with Gasteiger partial charge in [-0.15, -0.1) is 0 Å². The number of nitrogens with zero attached hydrogens (tertiary/aromatic N) is 2. The molecule has 0 radical (unpaired) electrons. The molecule has 182 valence electrons. The number of allylic oxidation sites excluding steroid dienone is 1. The normalized spacial score (nSPS) is 15.7. The summed E-state index contributed by atoms with van der Waals surface area (Å²) in [4.78, 5) is 16.4. The summed E-state index contributed by atoms with van der Waals surface area (Å²) in [6, 6.07) is 10.5. The van der Waals surface area contributed by atoms with E-state index in [1.807, 2.05) is 11.9 Å². The van der Waals surface area contributed by atoms with Crippen molar-refractivity contribution in [2.75, 3.05) is 45.2 Å². The number of likely N-dealkylation sites (N-methyl/N-ethyl adjacent to an activating group) is 1. The number of anilines is 1. The number of piperazine rings is 1. The predicted octanol–water partition coefficient (Wildman–Crippen LogP) is 3.42. The smallest absolute Gasteiger partial charge is 0.416 e. The first-order chi connectivity index (χ1) is 16.2. The number of alkyl halides is 3. The first kappa shape index (κ1) is 25.3. The second-order valence-electron chi connectivity index (χ2n) is 8.08. The standard InChI is InChI=1S/C24H28F3N5O2/c1-31-8-10-32(11-9-31)15-18-2-5-20(12-22(18)24(25,26)27)30-23(33)16-34-21-6-3-17(4-7-21)19(13-28)14-29/h2-7,12-14,28H,8-11,15-16,29H2,1H3,(H,30,33)/b19-14+,28-13?. The van der Waals surface area contributed by atoms with E-state index in [1.165, 1.54) is 18.3 Å². The van der Waals surface area contributed by atoms with Crippen LogP contribution in [0.5, 0.6) is 5.75 Å². The molecular weight excluding hydrogens is 447 g/mol. The number of hydrogen-bond donors (Lipinski definition) is 3. The number of halogens is 3. The zero-order valence-electron chi connectivity index (χ0n) is 18.9. The van der Waals surface area contributed by atoms with Crippen molar-refractivity contribution in [2.45, 2.75) is 12.7 Å². The van der Waals surface area contributed by atoms with E-state index in [2.05, 4.69) is 10.2 Å². The molecule has 1 aliphatic heterocycles. The van der Waals surface area contributed by atoms with Crippen molar-refractivity contribution in [1.82, 2.24) is 9.80 Å². The van der Waals surface area contributed by atoms with Crippen molar-refractivity contribution >= 4 is 23.4 Å². The van der Waals surface area contributed by atoms with Gasteiger partial charge in [0.15, 0.2) is 6.61 Å². The van der Waals surface area contributed by atoms with Crippen LogP contribution in [0.1, 0.15) is 16.7 Å². The number of hydrogen-bond acceptors (Lipinski definition) is 6. The highest BCUT2D eigenvalue weighted by atomic mass is 19.4. The highest BCUT2D eigenvalue weighted by molar-refractivity contribution is 6.08. The lowest BCUT2D eigenvalue weighted by Crippen LogP contribution is -2.44. The number of carbonyl (C=O) groups is 1. The largest absolute Gasteiger partial charge is 0.484 e. The van der Waals surface area contributed by atoms with Crippen LogP contribution in [0, 0.1) is 5.41 Å². The molecule has 0 aromatic heterocycles. The number of ether oxygens (including phenoxy) is 1. The highest BCUT2D eigenvalue weighted by Crippen LogP contribution is 2.34. The molecule has 1 amide bonds. The molecule has 2 aromatic carbocycles. The van der Waals surface area contributed by atoms with Crippen molar-refractivity contribution in [3.8, 4) is 5.75 Å². The summed E-state index contributed by atoms with van der Waals surface area (Å²) in [5.74, 6) is -0.176. The van der Waals surface area contributed by atoms with Crippen LogP contribution >= 0.6 is 0 Å². The van der Waals surface area contributed by atoms with E-state index in [0.717, 1.165) is 25.4 Å². The minimum absolute atomic E-state index is 0.0575. The lowest BCUT2D eigenvalue weighted by atomic mass is 10.0. The minimum Gasteiger partial charge on any atom is -0.484 e. The molecule has 0 bridgehead atoms. The van der Waals surface area contributed by atoms with Crippen LogP contribution < -0.4 is 15.8 Å². The summed E-state index contributed by atoms with van der Waals surface area (Å²) in [7, 11) is 1.99. The molecule has 2 aromatic rings. The van der Waals surface area contributed by atoms with Gasteiger partial charge in [-0.3, -0.25) is 9.69 Å². The van der Waals surface area contributed by atoms with Crippen molar-refractivity contribution in [2.24, 2.45) is 5.73 Å². The van der Waals surface area contributed by atoms with Gasteiger partial charge in [-0.05, 0) is 42.4 Å². The summed E-state index contributed by atoms with van der Waals surface area (Å²) in [6.45, 7) is 2.87. The van der Waals surface area contributed by atoms with E-state index in [1.54, 1.807) is 24.3 Å². The topological polar surface area (TPSA) is 94.7 Å². The Balaban J connectivity index is 1.62. The Kier molecular flexibility index (Phi) is 8.30. The van der Waals surface area contributed by atoms with Gasteiger partial charge >= 0.3 is 6.18 Å². The van der Waals surface area contributed by atoms with Crippen molar-refractivity contribution in [3.63, 3.8) is 0 Å². The predicted molar refractivity (Wildman–Crippen MR) is 126 cm³/mol. The summed E-state index contributed by atoms with van der Waals surface area (Å²) >= 11 is 0. The number of benzene rings is 2. The molecule has 0 aliphatic carbocycles. The summed E-state index contributed by atoms with van der Waals surface area (Å²) in [6.07, 6.45) is -2.11. The molecule has 0 saturated carbocycles. The van der Waals surface area contributed by atoms with Gasteiger partial charge in [0.1, 0.15) is 5.75 Å². The fourth-order valence-electron chi connectivity index (χ4n) is 3.62. The fourth-order valence-corrected chi connectivity index (χ4v) is 3.62. The molecule has 3 rings (SSSR count). The van der Waals surface area contributed by atoms with Crippen molar-refractivity contribution < 1.29 is 22.7 Å². The Morgan fingerprint density at radius 3 is 2.41 bits per heavy atom. The van der Waals surface area contributed by atoms with Gasteiger partial charge in [0, 0.05) is 56.4 Å². The van der Waals surface area contributed by atoms with Crippen LogP contribution in [-0.4, -0.2) is 61.8 Å². The van der Waals surface area contributed by atoms with Crippen molar-refractivity contribution in [3.05, 3.63) is 65.4 Å². The SMILES string of the molecule is CN1CCN(Cc2ccc(NC(=O)COc3ccc(/C(C=N)=C/N)cc3)cc2C(F)(F)F)CC1. The Morgan fingerprint density at radius 1 is 1.15 bits per heavy atom. The second-order valence-corrected chi connectivity index (χ2v) is 8.08. The summed E-state index contributed by atoms with van der Waals surface area (Å²) in [5, 5.41) is 9.77. The number of amides is 1. The number of nitrogens with one attached hydrogen (secondary N) is 2. The van der Waals surface area contributed by atoms with Gasteiger partial charge in [-0.2, -0.15) is 13.2 Å². The summed E-state index contributed by atoms with van der Waals surface area (Å²) < 4.78 is 46.5. The third-order valence-electron chi connectivity index (χ3n) is 5.58. The third-order valence-corrected chi connectivity index (χ3v) is 5.58. The molecule has 1 fully saturated rings. The monoisotopic (exact) mass is 475 g/mol. The maximum Gasteiger partial charge on any atom is 0.416 e. The van der Waals surface area contributed by atoms with Crippen LogP contribution in [0.25, 0.3) is 5.57 Å². The highest BCUT2D eigenvalue weighted by Gasteiger charge is 2.34. The third kappa shape index (κ3) is 6.82. The molecule has 0 unspecified atom stereocenters. The number of rotatable bonds is 8. The van der Waals surface area contributed by atoms with Gasteiger partial charge in [0.05, 0.1) is 5.56 Å². The molecule has 0 atom stereocenters. The average Bonchev–Trinajstić information content (AvgIpc) is 2.81. The minimum atomic E-state index is -4.53. The molecule has 1 heterocycles. The Labute approximate surface area is 196 Å². The Morgan fingerprint density at radius 2 is 1.82 bits per heavy atom. The summed E-state index contributed by atoms with van der Waals surface area (Å²) in [5.41, 5.74) is 6.18. The molecule has 4 N–H and O–H groups in total. The lowest BCUT2D eigenvalue weighted by molar-refractivity contribution is -0.138. The van der Waals surface area contributed by atoms with Crippen LogP contribution in [0.4, 0.5) is 18.9 Å². The van der Waals surface area contributed by atoms with Gasteiger partial charge in [-0.1, -0.05) is 18.2 Å². The first-order valence-corrected chi connectivity index (χ1v) is 10.8. The number of carbonyl (C=O) groups excluding carboxylic acids is 1. The van der Waals surface area contributed by atoms with E-state index < -0.39 is 17.6 Å². The van der Waals surface area contributed by atoms with Crippen LogP contribution in [0.3, 0.4) is 0 Å². The number of nitrogens with two attached hydrogens (primary N) is 1. The molecule has 0 spiro atoms. The molecule has 10 heteroatoms. The zero-order valence-corrected chi connectivity index (χ0v) is 18.9. The first-order valence-electron chi connectivity index (χ1n) is 10.8. The Hall–Kier alpha value is -3.37. The quantitative estimate of drug-likeness (QED) is 0.509. The van der Waals surface area contributed by atoms with E-state index in [4.69, 9.17) is 15.9 Å². The molecule has 1 aliphatic rings. The molecule has 1 saturated heterocycles. The average molecular weight is 476 g/mol.